The van der Waals surface area contributed by atoms with Crippen molar-refractivity contribution in [3.05, 3.63) is 45.6 Å². The number of ether oxygens (including phenoxy) is 1. The van der Waals surface area contributed by atoms with Crippen molar-refractivity contribution in [1.29, 1.82) is 0 Å². The van der Waals surface area contributed by atoms with Gasteiger partial charge in [0, 0.05) is 18.1 Å². The van der Waals surface area contributed by atoms with Crippen molar-refractivity contribution in [2.24, 2.45) is 0 Å². The summed E-state index contributed by atoms with van der Waals surface area (Å²) < 4.78 is 7.40. The number of aryl methyl sites for hydroxylation is 1. The van der Waals surface area contributed by atoms with Crippen LogP contribution >= 0.6 is 22.9 Å². The molecule has 138 valence electrons. The molecule has 0 saturated carbocycles. The van der Waals surface area contributed by atoms with Gasteiger partial charge < -0.3 is 9.84 Å². The first-order valence-electron chi connectivity index (χ1n) is 8.63. The van der Waals surface area contributed by atoms with Crippen molar-refractivity contribution < 1.29 is 9.84 Å². The fourth-order valence-electron chi connectivity index (χ4n) is 3.66. The number of benzene rings is 1. The van der Waals surface area contributed by atoms with Gasteiger partial charge in [-0.1, -0.05) is 41.1 Å². The Morgan fingerprint density at radius 3 is 2.62 bits per heavy atom. The fraction of sp³-hybridized carbons (Fsp3) is 0.444. The molecule has 2 aromatic heterocycles. The van der Waals surface area contributed by atoms with Gasteiger partial charge in [0.05, 0.1) is 23.1 Å². The van der Waals surface area contributed by atoms with E-state index in [1.165, 1.54) is 15.9 Å². The standard InChI is InChI=1S/C18H21ClN4O2S/c1-10-8-22(9-11(2)25-10)15(13-6-4-5-7-14(13)19)16-17(24)23-18(26-16)20-12(3)21-23/h4-7,10-11,15,24H,8-9H2,1-3H3/t10-,11-,15-/m0/s1. The Labute approximate surface area is 161 Å². The Bertz CT molecular complexity index is 931. The molecule has 26 heavy (non-hydrogen) atoms. The van der Waals surface area contributed by atoms with Crippen molar-refractivity contribution >= 4 is 27.9 Å². The first kappa shape index (κ1) is 17.7. The van der Waals surface area contributed by atoms with Gasteiger partial charge in [0.1, 0.15) is 5.82 Å². The van der Waals surface area contributed by atoms with Gasteiger partial charge in [-0.15, -0.1) is 5.10 Å². The van der Waals surface area contributed by atoms with E-state index < -0.39 is 0 Å². The van der Waals surface area contributed by atoms with Crippen molar-refractivity contribution in [3.63, 3.8) is 0 Å². The van der Waals surface area contributed by atoms with Gasteiger partial charge in [-0.3, -0.25) is 4.90 Å². The number of aromatic nitrogens is 3. The largest absolute Gasteiger partial charge is 0.492 e. The molecule has 3 aromatic rings. The normalized spacial score (nSPS) is 22.8. The summed E-state index contributed by atoms with van der Waals surface area (Å²) in [6, 6.07) is 7.61. The van der Waals surface area contributed by atoms with Crippen LogP contribution in [-0.2, 0) is 4.74 Å². The second-order valence-electron chi connectivity index (χ2n) is 6.78. The molecular weight excluding hydrogens is 372 g/mol. The zero-order valence-electron chi connectivity index (χ0n) is 14.9. The second-order valence-corrected chi connectivity index (χ2v) is 8.19. The number of nitrogens with zero attached hydrogens (tertiary/aromatic N) is 4. The highest BCUT2D eigenvalue weighted by Crippen LogP contribution is 2.42. The average molecular weight is 393 g/mol. The summed E-state index contributed by atoms with van der Waals surface area (Å²) in [5, 5.41) is 15.8. The second kappa shape index (κ2) is 6.81. The van der Waals surface area contributed by atoms with Crippen molar-refractivity contribution in [2.75, 3.05) is 13.1 Å². The number of hydrogen-bond donors (Lipinski definition) is 1. The van der Waals surface area contributed by atoms with Gasteiger partial charge in [-0.05, 0) is 32.4 Å². The first-order valence-corrected chi connectivity index (χ1v) is 9.82. The maximum absolute atomic E-state index is 10.9. The van der Waals surface area contributed by atoms with E-state index in [0.29, 0.717) is 15.8 Å². The van der Waals surface area contributed by atoms with E-state index in [9.17, 15) is 5.11 Å². The minimum Gasteiger partial charge on any atom is -0.492 e. The molecule has 1 aromatic carbocycles. The van der Waals surface area contributed by atoms with Gasteiger partial charge in [0.25, 0.3) is 0 Å². The lowest BCUT2D eigenvalue weighted by atomic mass is 10.0. The zero-order chi connectivity index (χ0) is 18.4. The number of fused-ring (bicyclic) bond motifs is 1. The number of halogens is 1. The Hall–Kier alpha value is -1.67. The lowest BCUT2D eigenvalue weighted by Crippen LogP contribution is -2.47. The molecule has 1 saturated heterocycles. The highest BCUT2D eigenvalue weighted by atomic mass is 35.5. The maximum atomic E-state index is 10.9. The van der Waals surface area contributed by atoms with Crippen LogP contribution in [-0.4, -0.2) is 49.9 Å². The van der Waals surface area contributed by atoms with Crippen LogP contribution < -0.4 is 0 Å². The first-order chi connectivity index (χ1) is 12.4. The molecule has 0 unspecified atom stereocenters. The van der Waals surface area contributed by atoms with E-state index in [2.05, 4.69) is 28.8 Å². The van der Waals surface area contributed by atoms with E-state index in [1.807, 2.05) is 31.2 Å². The third-order valence-corrected chi connectivity index (χ3v) is 5.98. The lowest BCUT2D eigenvalue weighted by Gasteiger charge is -2.40. The predicted octanol–water partition coefficient (Wildman–Crippen LogP) is 3.66. The zero-order valence-corrected chi connectivity index (χ0v) is 16.5. The van der Waals surface area contributed by atoms with Crippen molar-refractivity contribution in [1.82, 2.24) is 19.5 Å². The Kier molecular flexibility index (Phi) is 4.64. The summed E-state index contributed by atoms with van der Waals surface area (Å²) in [7, 11) is 0. The quantitative estimate of drug-likeness (QED) is 0.737. The predicted molar refractivity (Wildman–Crippen MR) is 102 cm³/mol. The molecule has 8 heteroatoms. The van der Waals surface area contributed by atoms with Gasteiger partial charge in [-0.25, -0.2) is 4.98 Å². The molecule has 1 fully saturated rings. The van der Waals surface area contributed by atoms with Crippen molar-refractivity contribution in [3.8, 4) is 5.88 Å². The molecule has 3 atom stereocenters. The number of thiazole rings is 1. The molecule has 0 aliphatic carbocycles. The van der Waals surface area contributed by atoms with E-state index in [-0.39, 0.29) is 24.1 Å². The van der Waals surface area contributed by atoms with Crippen LogP contribution in [0, 0.1) is 6.92 Å². The minimum atomic E-state index is -0.175. The molecule has 0 radical (unpaired) electrons. The molecule has 6 nitrogen and oxygen atoms in total. The van der Waals surface area contributed by atoms with Crippen molar-refractivity contribution in [2.45, 2.75) is 39.0 Å². The molecule has 1 aliphatic heterocycles. The van der Waals surface area contributed by atoms with Gasteiger partial charge in [-0.2, -0.15) is 4.52 Å². The molecule has 0 amide bonds. The molecule has 0 bridgehead atoms. The van der Waals surface area contributed by atoms with Crippen LogP contribution in [0.1, 0.15) is 36.2 Å². The summed E-state index contributed by atoms with van der Waals surface area (Å²) in [5.74, 6) is 0.767. The Morgan fingerprint density at radius 1 is 1.27 bits per heavy atom. The van der Waals surface area contributed by atoms with Gasteiger partial charge >= 0.3 is 0 Å². The fourth-order valence-corrected chi connectivity index (χ4v) is 5.05. The number of morpholine rings is 1. The lowest BCUT2D eigenvalue weighted by molar-refractivity contribution is -0.0764. The number of aromatic hydroxyl groups is 1. The number of rotatable bonds is 3. The summed E-state index contributed by atoms with van der Waals surface area (Å²) in [6.45, 7) is 7.46. The minimum absolute atomic E-state index is 0.107. The Balaban J connectivity index is 1.85. The molecule has 3 heterocycles. The average Bonchev–Trinajstić information content (AvgIpc) is 3.07. The molecule has 1 aliphatic rings. The third kappa shape index (κ3) is 3.09. The summed E-state index contributed by atoms with van der Waals surface area (Å²) >= 11 is 7.99. The third-order valence-electron chi connectivity index (χ3n) is 4.57. The van der Waals surface area contributed by atoms with E-state index in [0.717, 1.165) is 23.5 Å². The van der Waals surface area contributed by atoms with Crippen LogP contribution in [0.3, 0.4) is 0 Å². The van der Waals surface area contributed by atoms with Crippen LogP contribution in [0.2, 0.25) is 5.02 Å². The van der Waals surface area contributed by atoms with Gasteiger partial charge in [0.15, 0.2) is 0 Å². The molecular formula is C18H21ClN4O2S. The van der Waals surface area contributed by atoms with Crippen LogP contribution in [0.15, 0.2) is 24.3 Å². The molecule has 4 rings (SSSR count). The summed E-state index contributed by atoms with van der Waals surface area (Å²) in [6.07, 6.45) is 0.214. The van der Waals surface area contributed by atoms with E-state index >= 15 is 0 Å². The molecule has 0 spiro atoms. The van der Waals surface area contributed by atoms with E-state index in [1.54, 1.807) is 0 Å². The molecule has 1 N–H and O–H groups in total. The summed E-state index contributed by atoms with van der Waals surface area (Å²) in [5.41, 5.74) is 0.965. The maximum Gasteiger partial charge on any atom is 0.230 e. The number of hydrogen-bond acceptors (Lipinski definition) is 6. The smallest absolute Gasteiger partial charge is 0.230 e. The highest BCUT2D eigenvalue weighted by Gasteiger charge is 2.34. The summed E-state index contributed by atoms with van der Waals surface area (Å²) in [4.78, 5) is 8.20. The monoisotopic (exact) mass is 392 g/mol. The van der Waals surface area contributed by atoms with Crippen LogP contribution in [0.4, 0.5) is 0 Å². The SMILES string of the molecule is Cc1nc2sc([C@H](c3ccccc3Cl)N3C[C@H](C)O[C@@H](C)C3)c(O)n2n1. The highest BCUT2D eigenvalue weighted by molar-refractivity contribution is 7.17. The Morgan fingerprint density at radius 2 is 1.96 bits per heavy atom. The van der Waals surface area contributed by atoms with Crippen LogP contribution in [0.25, 0.3) is 4.96 Å². The van der Waals surface area contributed by atoms with Gasteiger partial charge in [0.2, 0.25) is 10.8 Å². The van der Waals surface area contributed by atoms with E-state index in [4.69, 9.17) is 16.3 Å². The topological polar surface area (TPSA) is 62.9 Å². The van der Waals surface area contributed by atoms with Crippen LogP contribution in [0.5, 0.6) is 5.88 Å².